The average molecular weight is 263 g/mol. The highest BCUT2D eigenvalue weighted by Crippen LogP contribution is 2.19. The number of amides is 1. The van der Waals surface area contributed by atoms with Crippen molar-refractivity contribution in [1.29, 1.82) is 0 Å². The van der Waals surface area contributed by atoms with Crippen molar-refractivity contribution in [2.75, 3.05) is 19.7 Å². The van der Waals surface area contributed by atoms with Crippen LogP contribution in [-0.2, 0) is 4.79 Å². The van der Waals surface area contributed by atoms with Crippen molar-refractivity contribution in [2.45, 2.75) is 12.8 Å². The van der Waals surface area contributed by atoms with E-state index in [0.29, 0.717) is 18.3 Å². The van der Waals surface area contributed by atoms with E-state index in [2.05, 4.69) is 6.58 Å². The van der Waals surface area contributed by atoms with E-state index < -0.39 is 0 Å². The molecule has 1 aromatic carbocycles. The van der Waals surface area contributed by atoms with Gasteiger partial charge < -0.3 is 9.64 Å². The molecule has 0 aliphatic carbocycles. The Kier molecular flexibility index (Phi) is 4.55. The van der Waals surface area contributed by atoms with E-state index in [0.717, 1.165) is 25.9 Å². The van der Waals surface area contributed by atoms with Gasteiger partial charge in [0.05, 0.1) is 6.61 Å². The molecule has 1 amide bonds. The Labute approximate surface area is 112 Å². The molecule has 1 aliphatic heterocycles. The van der Waals surface area contributed by atoms with Crippen LogP contribution in [0.1, 0.15) is 12.8 Å². The lowest BCUT2D eigenvalue weighted by atomic mass is 9.98. The highest BCUT2D eigenvalue weighted by Gasteiger charge is 2.21. The number of nitrogens with zero attached hydrogens (tertiary/aromatic N) is 1. The first-order valence-electron chi connectivity index (χ1n) is 6.49. The zero-order valence-electron chi connectivity index (χ0n) is 10.8. The third kappa shape index (κ3) is 3.81. The maximum absolute atomic E-state index is 12.7. The smallest absolute Gasteiger partial charge is 0.245 e. The first-order valence-corrected chi connectivity index (χ1v) is 6.49. The topological polar surface area (TPSA) is 29.5 Å². The first kappa shape index (κ1) is 13.6. The molecule has 1 aliphatic rings. The van der Waals surface area contributed by atoms with E-state index in [4.69, 9.17) is 4.74 Å². The molecule has 1 heterocycles. The Morgan fingerprint density at radius 3 is 2.58 bits per heavy atom. The minimum Gasteiger partial charge on any atom is -0.493 e. The summed E-state index contributed by atoms with van der Waals surface area (Å²) < 4.78 is 18.4. The second-order valence-electron chi connectivity index (χ2n) is 4.74. The monoisotopic (exact) mass is 263 g/mol. The maximum atomic E-state index is 12.7. The van der Waals surface area contributed by atoms with E-state index in [1.54, 1.807) is 17.0 Å². The molecule has 0 aromatic heterocycles. The van der Waals surface area contributed by atoms with Gasteiger partial charge in [0.1, 0.15) is 11.6 Å². The molecule has 102 valence electrons. The summed E-state index contributed by atoms with van der Waals surface area (Å²) in [5.74, 6) is 0.867. The van der Waals surface area contributed by atoms with Gasteiger partial charge >= 0.3 is 0 Å². The van der Waals surface area contributed by atoms with Crippen molar-refractivity contribution in [1.82, 2.24) is 4.90 Å². The molecule has 0 spiro atoms. The van der Waals surface area contributed by atoms with Crippen LogP contribution in [0.2, 0.25) is 0 Å². The second kappa shape index (κ2) is 6.36. The van der Waals surface area contributed by atoms with Crippen molar-refractivity contribution in [3.05, 3.63) is 42.7 Å². The van der Waals surface area contributed by atoms with Gasteiger partial charge in [0.2, 0.25) is 5.91 Å². The van der Waals surface area contributed by atoms with E-state index in [1.807, 2.05) is 0 Å². The molecule has 1 saturated heterocycles. The van der Waals surface area contributed by atoms with Crippen LogP contribution in [0.3, 0.4) is 0 Å². The summed E-state index contributed by atoms with van der Waals surface area (Å²) in [6.45, 7) is 5.61. The van der Waals surface area contributed by atoms with Crippen molar-refractivity contribution < 1.29 is 13.9 Å². The fourth-order valence-corrected chi connectivity index (χ4v) is 2.19. The van der Waals surface area contributed by atoms with Crippen molar-refractivity contribution >= 4 is 5.91 Å². The molecule has 1 fully saturated rings. The second-order valence-corrected chi connectivity index (χ2v) is 4.74. The van der Waals surface area contributed by atoms with E-state index >= 15 is 0 Å². The van der Waals surface area contributed by atoms with Crippen molar-refractivity contribution in [3.63, 3.8) is 0 Å². The number of piperidine rings is 1. The number of ether oxygens (including phenoxy) is 1. The van der Waals surface area contributed by atoms with Crippen molar-refractivity contribution in [2.24, 2.45) is 5.92 Å². The molecule has 0 saturated carbocycles. The molecular formula is C15H18FNO2. The van der Waals surface area contributed by atoms with Crippen LogP contribution >= 0.6 is 0 Å². The number of benzene rings is 1. The summed E-state index contributed by atoms with van der Waals surface area (Å²) in [6, 6.07) is 6.04. The Morgan fingerprint density at radius 2 is 2.00 bits per heavy atom. The van der Waals surface area contributed by atoms with Gasteiger partial charge in [-0.2, -0.15) is 0 Å². The summed E-state index contributed by atoms with van der Waals surface area (Å²) >= 11 is 0. The zero-order valence-corrected chi connectivity index (χ0v) is 10.8. The van der Waals surface area contributed by atoms with Crippen LogP contribution < -0.4 is 4.74 Å². The normalized spacial score (nSPS) is 16.2. The Balaban J connectivity index is 1.75. The van der Waals surface area contributed by atoms with E-state index in [9.17, 15) is 9.18 Å². The number of hydrogen-bond acceptors (Lipinski definition) is 2. The SMILES string of the molecule is C=CC(=O)N1CCC(COc2ccc(F)cc2)CC1. The Morgan fingerprint density at radius 1 is 1.37 bits per heavy atom. The lowest BCUT2D eigenvalue weighted by molar-refractivity contribution is -0.127. The van der Waals surface area contributed by atoms with Gasteiger partial charge in [0, 0.05) is 13.1 Å². The lowest BCUT2D eigenvalue weighted by Gasteiger charge is -2.31. The van der Waals surface area contributed by atoms with Crippen LogP contribution in [0, 0.1) is 11.7 Å². The van der Waals surface area contributed by atoms with Gasteiger partial charge in [-0.25, -0.2) is 4.39 Å². The van der Waals surface area contributed by atoms with Gasteiger partial charge in [-0.1, -0.05) is 6.58 Å². The molecule has 3 nitrogen and oxygen atoms in total. The summed E-state index contributed by atoms with van der Waals surface area (Å²) in [5.41, 5.74) is 0. The Bertz CT molecular complexity index is 436. The summed E-state index contributed by atoms with van der Waals surface area (Å²) in [4.78, 5) is 13.2. The number of carbonyl (C=O) groups is 1. The van der Waals surface area contributed by atoms with Crippen molar-refractivity contribution in [3.8, 4) is 5.75 Å². The predicted octanol–water partition coefficient (Wildman–Crippen LogP) is 2.63. The zero-order chi connectivity index (χ0) is 13.7. The highest BCUT2D eigenvalue weighted by molar-refractivity contribution is 5.87. The Hall–Kier alpha value is -1.84. The number of rotatable bonds is 4. The third-order valence-electron chi connectivity index (χ3n) is 3.40. The molecule has 0 radical (unpaired) electrons. The fraction of sp³-hybridized carbons (Fsp3) is 0.400. The number of hydrogen-bond donors (Lipinski definition) is 0. The summed E-state index contributed by atoms with van der Waals surface area (Å²) in [6.07, 6.45) is 3.22. The van der Waals surface area contributed by atoms with E-state index in [1.165, 1.54) is 18.2 Å². The van der Waals surface area contributed by atoms with Gasteiger partial charge in [0.25, 0.3) is 0 Å². The van der Waals surface area contributed by atoms with Gasteiger partial charge in [-0.15, -0.1) is 0 Å². The molecule has 19 heavy (non-hydrogen) atoms. The number of halogens is 1. The number of likely N-dealkylation sites (tertiary alicyclic amines) is 1. The average Bonchev–Trinajstić information content (AvgIpc) is 2.46. The summed E-state index contributed by atoms with van der Waals surface area (Å²) in [5, 5.41) is 0. The van der Waals surface area contributed by atoms with Crippen LogP contribution in [-0.4, -0.2) is 30.5 Å². The van der Waals surface area contributed by atoms with Crippen LogP contribution in [0.5, 0.6) is 5.75 Å². The third-order valence-corrected chi connectivity index (χ3v) is 3.40. The largest absolute Gasteiger partial charge is 0.493 e. The molecule has 0 atom stereocenters. The molecule has 1 aromatic rings. The quantitative estimate of drug-likeness (QED) is 0.782. The van der Waals surface area contributed by atoms with Gasteiger partial charge in [-0.3, -0.25) is 4.79 Å². The van der Waals surface area contributed by atoms with Crippen LogP contribution in [0.4, 0.5) is 4.39 Å². The lowest BCUT2D eigenvalue weighted by Crippen LogP contribution is -2.38. The summed E-state index contributed by atoms with van der Waals surface area (Å²) in [7, 11) is 0. The molecule has 2 rings (SSSR count). The van der Waals surface area contributed by atoms with Gasteiger partial charge in [0.15, 0.2) is 0 Å². The minimum absolute atomic E-state index is 0.00194. The highest BCUT2D eigenvalue weighted by atomic mass is 19.1. The molecule has 0 bridgehead atoms. The maximum Gasteiger partial charge on any atom is 0.245 e. The van der Waals surface area contributed by atoms with Crippen LogP contribution in [0.15, 0.2) is 36.9 Å². The standard InChI is InChI=1S/C15H18FNO2/c1-2-15(18)17-9-7-12(8-10-17)11-19-14-5-3-13(16)4-6-14/h2-6,12H,1,7-11H2. The van der Waals surface area contributed by atoms with Crippen LogP contribution in [0.25, 0.3) is 0 Å². The molecule has 4 heteroatoms. The van der Waals surface area contributed by atoms with Gasteiger partial charge in [-0.05, 0) is 49.1 Å². The predicted molar refractivity (Wildman–Crippen MR) is 71.4 cm³/mol. The number of carbonyl (C=O) groups excluding carboxylic acids is 1. The molecular weight excluding hydrogens is 245 g/mol. The molecule has 0 unspecified atom stereocenters. The first-order chi connectivity index (χ1) is 9.19. The minimum atomic E-state index is -0.261. The fourth-order valence-electron chi connectivity index (χ4n) is 2.19. The van der Waals surface area contributed by atoms with E-state index in [-0.39, 0.29) is 11.7 Å². The molecule has 0 N–H and O–H groups in total.